The highest BCUT2D eigenvalue weighted by Gasteiger charge is 2.36. The van der Waals surface area contributed by atoms with Crippen LogP contribution in [-0.2, 0) is 11.3 Å². The van der Waals surface area contributed by atoms with E-state index in [0.717, 1.165) is 34.0 Å². The molecule has 8 nitrogen and oxygen atoms in total. The second-order valence-electron chi connectivity index (χ2n) is 9.38. The van der Waals surface area contributed by atoms with Crippen molar-refractivity contribution >= 4 is 17.7 Å². The van der Waals surface area contributed by atoms with Crippen LogP contribution in [-0.4, -0.2) is 38.4 Å². The number of carbonyl (C=O) groups excluding carboxylic acids is 2. The lowest BCUT2D eigenvalue weighted by Gasteiger charge is -2.31. The Kier molecular flexibility index (Phi) is 6.20. The molecule has 0 fully saturated rings. The molecule has 3 heterocycles. The van der Waals surface area contributed by atoms with Crippen LogP contribution in [0.3, 0.4) is 0 Å². The number of hydrogen-bond donors (Lipinski definition) is 1. The molecule has 1 atom stereocenters. The number of methoxy groups -OCH3 is 1. The number of carbonyl (C=O) groups is 2. The maximum atomic E-state index is 14.0. The van der Waals surface area contributed by atoms with Crippen LogP contribution in [0.1, 0.15) is 38.9 Å². The molecule has 5 aromatic rings. The van der Waals surface area contributed by atoms with E-state index in [2.05, 4.69) is 9.88 Å². The van der Waals surface area contributed by atoms with Crippen molar-refractivity contribution in [3.8, 4) is 11.5 Å². The number of benzene rings is 3. The molecule has 1 N–H and O–H groups in total. The third-order valence-corrected chi connectivity index (χ3v) is 7.00. The van der Waals surface area contributed by atoms with E-state index in [1.54, 1.807) is 24.3 Å². The molecule has 39 heavy (non-hydrogen) atoms. The van der Waals surface area contributed by atoms with E-state index < -0.39 is 5.97 Å². The number of rotatable bonds is 4. The molecule has 0 spiro atoms. The lowest BCUT2D eigenvalue weighted by Crippen LogP contribution is -2.38. The molecule has 6 rings (SSSR count). The lowest BCUT2D eigenvalue weighted by atomic mass is 10.0. The number of amides is 2. The second-order valence-corrected chi connectivity index (χ2v) is 9.38. The number of nitrogens with one attached hydrogen (secondary N) is 1. The summed E-state index contributed by atoms with van der Waals surface area (Å²) >= 11 is 0. The number of ether oxygens (including phenoxy) is 1. The maximum Gasteiger partial charge on any atom is 0.337 e. The number of urea groups is 1. The molecule has 194 valence electrons. The van der Waals surface area contributed by atoms with E-state index in [1.165, 1.54) is 7.11 Å². The summed E-state index contributed by atoms with van der Waals surface area (Å²) in [7, 11) is 1.33. The van der Waals surface area contributed by atoms with Gasteiger partial charge in [0.15, 0.2) is 0 Å². The first-order valence-corrected chi connectivity index (χ1v) is 12.7. The van der Waals surface area contributed by atoms with E-state index in [9.17, 15) is 9.59 Å². The van der Waals surface area contributed by atoms with Crippen molar-refractivity contribution in [2.24, 2.45) is 0 Å². The second kappa shape index (κ2) is 9.98. The highest BCUT2D eigenvalue weighted by molar-refractivity contribution is 5.94. The summed E-state index contributed by atoms with van der Waals surface area (Å²) in [4.78, 5) is 27.9. The van der Waals surface area contributed by atoms with E-state index in [1.807, 2.05) is 95.5 Å². The number of hydrogen-bond acceptors (Lipinski definition) is 4. The van der Waals surface area contributed by atoms with Gasteiger partial charge in [0.25, 0.3) is 0 Å². The normalized spacial score (nSPS) is 14.2. The number of esters is 1. The molecule has 0 aliphatic carbocycles. The first kappa shape index (κ1) is 24.2. The Morgan fingerprint density at radius 2 is 1.67 bits per heavy atom. The van der Waals surface area contributed by atoms with Crippen LogP contribution in [0.2, 0.25) is 0 Å². The van der Waals surface area contributed by atoms with Crippen molar-refractivity contribution in [3.05, 3.63) is 131 Å². The van der Waals surface area contributed by atoms with E-state index in [-0.39, 0.29) is 12.1 Å². The molecule has 3 aromatic carbocycles. The van der Waals surface area contributed by atoms with Gasteiger partial charge in [0.2, 0.25) is 0 Å². The number of aromatic nitrogens is 3. The monoisotopic (exact) mass is 517 g/mol. The molecule has 2 aromatic heterocycles. The smallest absolute Gasteiger partial charge is 0.337 e. The van der Waals surface area contributed by atoms with Crippen molar-refractivity contribution in [2.45, 2.75) is 19.5 Å². The third kappa shape index (κ3) is 4.35. The van der Waals surface area contributed by atoms with Crippen molar-refractivity contribution < 1.29 is 14.3 Å². The van der Waals surface area contributed by atoms with E-state index in [0.29, 0.717) is 17.8 Å². The Hall–Kier alpha value is -5.11. The van der Waals surface area contributed by atoms with Crippen LogP contribution in [0, 0.1) is 6.92 Å². The van der Waals surface area contributed by atoms with Crippen molar-refractivity contribution in [2.75, 3.05) is 12.4 Å². The average Bonchev–Trinajstić information content (AvgIpc) is 3.54. The summed E-state index contributed by atoms with van der Waals surface area (Å²) in [6.07, 6.45) is 2.02. The minimum absolute atomic E-state index is 0.293. The molecular formula is C31H27N5O3. The van der Waals surface area contributed by atoms with Gasteiger partial charge in [0, 0.05) is 17.4 Å². The van der Waals surface area contributed by atoms with Crippen LogP contribution in [0.25, 0.3) is 11.5 Å². The first-order valence-electron chi connectivity index (χ1n) is 12.7. The molecular weight excluding hydrogens is 490 g/mol. The summed E-state index contributed by atoms with van der Waals surface area (Å²) in [6.45, 7) is 2.30. The molecule has 8 heteroatoms. The molecule has 0 unspecified atom stereocenters. The third-order valence-electron chi connectivity index (χ3n) is 7.00. The fraction of sp³-hybridized carbons (Fsp3) is 0.129. The summed E-state index contributed by atoms with van der Waals surface area (Å²) in [5.41, 5.74) is 5.53. The van der Waals surface area contributed by atoms with Gasteiger partial charge in [-0.15, -0.1) is 0 Å². The molecule has 1 aliphatic heterocycles. The predicted octanol–water partition coefficient (Wildman–Crippen LogP) is 5.90. The topological polar surface area (TPSA) is 81.4 Å². The minimum atomic E-state index is -0.463. The molecule has 1 aliphatic rings. The van der Waals surface area contributed by atoms with Crippen LogP contribution >= 0.6 is 0 Å². The standard InChI is InChI=1S/C31H27N5O3/c1-21-26-20-35(31(38)32-24-14-9-13-23(19-24)30(37)39-2)28(22-11-5-3-6-12-22)27-17-10-18-34(27)29(26)36(33-21)25-15-7-4-8-16-25/h3-19,28H,20H2,1-2H3,(H,32,38)/t28-/m1/s1. The van der Waals surface area contributed by atoms with Gasteiger partial charge in [-0.2, -0.15) is 5.10 Å². The Morgan fingerprint density at radius 1 is 0.923 bits per heavy atom. The maximum absolute atomic E-state index is 14.0. The van der Waals surface area contributed by atoms with Gasteiger partial charge in [0.1, 0.15) is 5.82 Å². The van der Waals surface area contributed by atoms with Crippen LogP contribution in [0.4, 0.5) is 10.5 Å². The zero-order valence-electron chi connectivity index (χ0n) is 21.6. The van der Waals surface area contributed by atoms with Gasteiger partial charge >= 0.3 is 12.0 Å². The molecule has 0 bridgehead atoms. The van der Waals surface area contributed by atoms with Gasteiger partial charge in [-0.3, -0.25) is 0 Å². The number of anilines is 1. The SMILES string of the molecule is COC(=O)c1cccc(NC(=O)N2Cc3c(C)nn(-c4ccccc4)c3-n3cccc3[C@H]2c2ccccc2)c1. The summed E-state index contributed by atoms with van der Waals surface area (Å²) in [5, 5.41) is 7.90. The molecule has 0 radical (unpaired) electrons. The predicted molar refractivity (Wildman–Crippen MR) is 148 cm³/mol. The quantitative estimate of drug-likeness (QED) is 0.301. The zero-order valence-corrected chi connectivity index (χ0v) is 21.6. The molecule has 0 saturated heterocycles. The summed E-state index contributed by atoms with van der Waals surface area (Å²) < 4.78 is 8.92. The Bertz CT molecular complexity index is 1660. The minimum Gasteiger partial charge on any atom is -0.465 e. The van der Waals surface area contributed by atoms with Crippen LogP contribution < -0.4 is 5.32 Å². The van der Waals surface area contributed by atoms with Gasteiger partial charge in [0.05, 0.1) is 42.3 Å². The highest BCUT2D eigenvalue weighted by atomic mass is 16.5. The first-order chi connectivity index (χ1) is 19.0. The van der Waals surface area contributed by atoms with Crippen LogP contribution in [0.5, 0.6) is 0 Å². The van der Waals surface area contributed by atoms with Crippen molar-refractivity contribution in [1.29, 1.82) is 0 Å². The highest BCUT2D eigenvalue weighted by Crippen LogP contribution is 2.38. The zero-order chi connectivity index (χ0) is 26.9. The number of aryl methyl sites for hydroxylation is 1. The molecule has 2 amide bonds. The van der Waals surface area contributed by atoms with Crippen molar-refractivity contribution in [3.63, 3.8) is 0 Å². The Labute approximate surface area is 226 Å². The fourth-order valence-electron chi connectivity index (χ4n) is 5.17. The fourth-order valence-corrected chi connectivity index (χ4v) is 5.17. The van der Waals surface area contributed by atoms with Crippen LogP contribution in [0.15, 0.2) is 103 Å². The van der Waals surface area contributed by atoms with E-state index in [4.69, 9.17) is 9.84 Å². The lowest BCUT2D eigenvalue weighted by molar-refractivity contribution is 0.0600. The molecule has 0 saturated carbocycles. The summed E-state index contributed by atoms with van der Waals surface area (Å²) in [5.74, 6) is 0.442. The number of nitrogens with zero attached hydrogens (tertiary/aromatic N) is 4. The Balaban J connectivity index is 1.49. The van der Waals surface area contributed by atoms with Gasteiger partial charge < -0.3 is 19.5 Å². The number of para-hydroxylation sites is 1. The van der Waals surface area contributed by atoms with Crippen molar-refractivity contribution in [1.82, 2.24) is 19.2 Å². The summed E-state index contributed by atoms with van der Waals surface area (Å²) in [6, 6.07) is 30.1. The average molecular weight is 518 g/mol. The van der Waals surface area contributed by atoms with E-state index >= 15 is 0 Å². The largest absolute Gasteiger partial charge is 0.465 e. The number of fused-ring (bicyclic) bond motifs is 3. The Morgan fingerprint density at radius 3 is 2.41 bits per heavy atom. The van der Waals surface area contributed by atoms with Gasteiger partial charge in [-0.25, -0.2) is 14.3 Å². The van der Waals surface area contributed by atoms with Gasteiger partial charge in [-0.1, -0.05) is 54.6 Å². The van der Waals surface area contributed by atoms with Gasteiger partial charge in [-0.05, 0) is 55.0 Å².